The van der Waals surface area contributed by atoms with Crippen LogP contribution in [0.1, 0.15) is 77.7 Å². The molecular weight excluding hydrogens is 752 g/mol. The highest BCUT2D eigenvalue weighted by atomic mass is 16.7. The maximum absolute atomic E-state index is 14.4. The number of likely N-dealkylation sites (N-methyl/N-ethyl adjacent to an activating group) is 1. The number of nitrogens with zero attached hydrogens (tertiary/aromatic N) is 1. The molecule has 318 valence electrons. The predicted octanol–water partition coefficient (Wildman–Crippen LogP) is 5.30. The third-order valence-corrected chi connectivity index (χ3v) is 11.2. The van der Waals surface area contributed by atoms with Gasteiger partial charge in [-0.15, -0.1) is 0 Å². The van der Waals surface area contributed by atoms with Crippen molar-refractivity contribution in [3.05, 3.63) is 53.3 Å². The van der Waals surface area contributed by atoms with Gasteiger partial charge in [-0.1, -0.05) is 52.8 Å². The number of rotatable bonds is 7. The summed E-state index contributed by atoms with van der Waals surface area (Å²) in [5, 5.41) is 48.3. The molecule has 3 heterocycles. The van der Waals surface area contributed by atoms with Crippen molar-refractivity contribution in [2.75, 3.05) is 32.6 Å². The molecule has 5 N–H and O–H groups in total. The van der Waals surface area contributed by atoms with E-state index in [9.17, 15) is 39.6 Å². The van der Waals surface area contributed by atoms with Crippen molar-refractivity contribution in [3.63, 3.8) is 0 Å². The van der Waals surface area contributed by atoms with E-state index < -0.39 is 89.6 Å². The number of Topliss-reactive ketones (excluding diaryl/α,β-unsaturated/α-hetero) is 1. The Morgan fingerprint density at radius 3 is 2.28 bits per heavy atom. The van der Waals surface area contributed by atoms with E-state index in [1.807, 2.05) is 6.92 Å². The normalized spacial score (nSPS) is 30.1. The van der Waals surface area contributed by atoms with Gasteiger partial charge in [-0.3, -0.25) is 19.2 Å². The fourth-order valence-electron chi connectivity index (χ4n) is 7.46. The number of benzene rings is 2. The van der Waals surface area contributed by atoms with Gasteiger partial charge in [0.2, 0.25) is 0 Å². The lowest BCUT2D eigenvalue weighted by molar-refractivity contribution is -0.160. The Hall–Kier alpha value is -5.12. The van der Waals surface area contributed by atoms with Crippen molar-refractivity contribution < 1.29 is 63.3 Å². The zero-order valence-electron chi connectivity index (χ0n) is 35.1. The lowest BCUT2D eigenvalue weighted by atomic mass is 9.78. The molecule has 2 aromatic carbocycles. The van der Waals surface area contributed by atoms with Crippen molar-refractivity contribution in [1.82, 2.24) is 4.90 Å². The lowest BCUT2D eigenvalue weighted by Crippen LogP contribution is -2.46. The van der Waals surface area contributed by atoms with Crippen LogP contribution in [0.4, 0.5) is 5.69 Å². The molecule has 15 heteroatoms. The number of esters is 1. The number of amides is 2. The number of ether oxygens (including phenoxy) is 5. The van der Waals surface area contributed by atoms with Gasteiger partial charge in [0, 0.05) is 80.8 Å². The molecule has 2 amide bonds. The molecule has 0 radical (unpaired) electrons. The minimum absolute atomic E-state index is 0.0580. The van der Waals surface area contributed by atoms with Crippen LogP contribution in [0, 0.1) is 30.6 Å². The quantitative estimate of drug-likeness (QED) is 0.178. The number of aromatic hydroxyl groups is 2. The maximum Gasteiger partial charge on any atom is 0.312 e. The van der Waals surface area contributed by atoms with Gasteiger partial charge in [0.05, 0.1) is 41.2 Å². The monoisotopic (exact) mass is 810 g/mol. The van der Waals surface area contributed by atoms with Gasteiger partial charge in [0.1, 0.15) is 23.4 Å². The third-order valence-electron chi connectivity index (χ3n) is 11.2. The molecule has 5 bridgehead atoms. The van der Waals surface area contributed by atoms with E-state index in [1.165, 1.54) is 64.2 Å². The zero-order chi connectivity index (χ0) is 43.4. The number of hydrogen-bond acceptors (Lipinski definition) is 13. The number of allylic oxidation sites excluding steroid dienone is 2. The van der Waals surface area contributed by atoms with E-state index in [2.05, 4.69) is 5.32 Å². The summed E-state index contributed by atoms with van der Waals surface area (Å²) >= 11 is 0. The number of carbonyl (C=O) groups is 4. The summed E-state index contributed by atoms with van der Waals surface area (Å²) in [5.74, 6) is -8.04. The number of phenolic OH excluding ortho intramolecular Hbond substituents is 2. The SMILES string of the molecule is CCCN(C)C(=O)COc1cc2c(O)c3c(O)c(C)c4c(c13)C(=O)[C@@](C)(O/C=C/[C@H](OC)[C@@H](C)[C@@H](OC(C)=O)[C@H](C)[C@@H](O)[C@H](C)[C@H](O)[C@H](C)/C=C/C=C(/C)C(=O)N2)O4. The van der Waals surface area contributed by atoms with E-state index in [0.29, 0.717) is 13.0 Å². The number of phenols is 2. The average Bonchev–Trinajstić information content (AvgIpc) is 3.44. The molecule has 58 heavy (non-hydrogen) atoms. The molecule has 9 atom stereocenters. The zero-order valence-corrected chi connectivity index (χ0v) is 35.1. The van der Waals surface area contributed by atoms with Crippen LogP contribution in [-0.4, -0.2) is 106 Å². The fraction of sp³-hybridized carbons (Fsp3) is 0.535. The Labute approximate surface area is 339 Å². The highest BCUT2D eigenvalue weighted by molar-refractivity contribution is 6.21. The number of nitrogens with one attached hydrogen (secondary N) is 1. The van der Waals surface area contributed by atoms with Crippen LogP contribution >= 0.6 is 0 Å². The number of carbonyl (C=O) groups excluding carboxylic acids is 4. The average molecular weight is 811 g/mol. The van der Waals surface area contributed by atoms with Gasteiger partial charge in [-0.2, -0.15) is 0 Å². The molecule has 0 saturated carbocycles. The maximum atomic E-state index is 14.4. The van der Waals surface area contributed by atoms with Crippen molar-refractivity contribution >= 4 is 40.0 Å². The summed E-state index contributed by atoms with van der Waals surface area (Å²) in [4.78, 5) is 54.8. The molecule has 0 fully saturated rings. The second-order valence-corrected chi connectivity index (χ2v) is 15.5. The van der Waals surface area contributed by atoms with Gasteiger partial charge < -0.3 is 54.3 Å². The second-order valence-electron chi connectivity index (χ2n) is 15.5. The molecule has 15 nitrogen and oxygen atoms in total. The van der Waals surface area contributed by atoms with Crippen LogP contribution in [0.3, 0.4) is 0 Å². The topological polar surface area (TPSA) is 211 Å². The van der Waals surface area contributed by atoms with E-state index in [4.69, 9.17) is 23.7 Å². The van der Waals surface area contributed by atoms with Crippen molar-refractivity contribution in [2.24, 2.45) is 23.7 Å². The molecule has 0 aromatic heterocycles. The molecule has 2 aromatic rings. The van der Waals surface area contributed by atoms with Gasteiger partial charge in [0.25, 0.3) is 17.6 Å². The molecule has 3 aliphatic heterocycles. The number of fused-ring (bicyclic) bond motifs is 14. The Bertz CT molecular complexity index is 1990. The van der Waals surface area contributed by atoms with Crippen molar-refractivity contribution in [2.45, 2.75) is 98.9 Å². The Balaban J connectivity index is 1.93. The third kappa shape index (κ3) is 9.27. The van der Waals surface area contributed by atoms with Gasteiger partial charge in [-0.25, -0.2) is 0 Å². The van der Waals surface area contributed by atoms with Gasteiger partial charge >= 0.3 is 11.8 Å². The van der Waals surface area contributed by atoms with E-state index >= 15 is 0 Å². The molecular formula is C43H58N2O13. The largest absolute Gasteiger partial charge is 0.507 e. The Morgan fingerprint density at radius 2 is 1.66 bits per heavy atom. The van der Waals surface area contributed by atoms with E-state index in [1.54, 1.807) is 46.9 Å². The number of aliphatic hydroxyl groups is 2. The lowest BCUT2D eigenvalue weighted by Gasteiger charge is -2.38. The first kappa shape index (κ1) is 45.6. The van der Waals surface area contributed by atoms with Crippen LogP contribution in [0.15, 0.2) is 42.2 Å². The molecule has 0 unspecified atom stereocenters. The van der Waals surface area contributed by atoms with E-state index in [0.717, 1.165) is 0 Å². The molecule has 0 saturated heterocycles. The van der Waals surface area contributed by atoms with E-state index in [-0.39, 0.29) is 50.6 Å². The summed E-state index contributed by atoms with van der Waals surface area (Å²) in [6.45, 7) is 14.4. The summed E-state index contributed by atoms with van der Waals surface area (Å²) in [6, 6.07) is 1.26. The number of anilines is 1. The number of aliphatic hydroxyl groups excluding tert-OH is 2. The first-order chi connectivity index (χ1) is 27.2. The minimum atomic E-state index is -2.02. The summed E-state index contributed by atoms with van der Waals surface area (Å²) in [6.07, 6.45) is 4.29. The number of ketones is 1. The predicted molar refractivity (Wildman–Crippen MR) is 216 cm³/mol. The standard InChI is InChI=1S/C43H58N2O13/c1-12-17-45(10)31(47)20-55-30-19-28-38(51)33-32(30)34-40(26(7)37(33)50)58-43(9,41(34)52)56-18-16-29(54-11)23(4)39(57-27(8)46)25(6)36(49)24(5)35(48)21(2)14-13-15-22(3)42(53)44-28/h13-16,18-19,21,23-25,29,35-36,39,48-51H,12,17,20H2,1-11H3,(H,44,53)/b14-13+,18-16+,22-15-/t21-,23-,24-,25-,29+,35-,36+,39-,43+/m1/s1. The minimum Gasteiger partial charge on any atom is -0.507 e. The number of hydrogen-bond donors (Lipinski definition) is 5. The Morgan fingerprint density at radius 1 is 0.983 bits per heavy atom. The molecule has 5 rings (SSSR count). The van der Waals surface area contributed by atoms with Crippen LogP contribution in [-0.2, 0) is 28.6 Å². The van der Waals surface area contributed by atoms with Crippen molar-refractivity contribution in [3.8, 4) is 23.0 Å². The van der Waals surface area contributed by atoms with Crippen LogP contribution < -0.4 is 14.8 Å². The summed E-state index contributed by atoms with van der Waals surface area (Å²) in [5.41, 5.74) is -0.0111. The Kier molecular flexibility index (Phi) is 14.6. The molecule has 0 aliphatic carbocycles. The molecule has 3 aliphatic rings. The fourth-order valence-corrected chi connectivity index (χ4v) is 7.46. The van der Waals surface area contributed by atoms with Gasteiger partial charge in [0.15, 0.2) is 12.4 Å². The van der Waals surface area contributed by atoms with Crippen molar-refractivity contribution in [1.29, 1.82) is 0 Å². The van der Waals surface area contributed by atoms with Crippen LogP contribution in [0.25, 0.3) is 10.8 Å². The highest BCUT2D eigenvalue weighted by Crippen LogP contribution is 2.54. The smallest absolute Gasteiger partial charge is 0.312 e. The molecule has 0 spiro atoms. The highest BCUT2D eigenvalue weighted by Gasteiger charge is 2.49. The first-order valence-corrected chi connectivity index (χ1v) is 19.4. The second kappa shape index (κ2) is 18.6. The first-order valence-electron chi connectivity index (χ1n) is 19.4. The number of methoxy groups -OCH3 is 1. The van der Waals surface area contributed by atoms with Crippen LogP contribution in [0.2, 0.25) is 0 Å². The summed E-state index contributed by atoms with van der Waals surface area (Å²) < 4.78 is 29.6. The van der Waals surface area contributed by atoms with Crippen LogP contribution in [0.5, 0.6) is 23.0 Å². The van der Waals surface area contributed by atoms with Gasteiger partial charge in [-0.05, 0) is 26.3 Å². The summed E-state index contributed by atoms with van der Waals surface area (Å²) in [7, 11) is 3.05.